The Morgan fingerprint density at radius 2 is 1.75 bits per heavy atom. The highest BCUT2D eigenvalue weighted by Gasteiger charge is 2.14. The molecule has 0 fully saturated rings. The summed E-state index contributed by atoms with van der Waals surface area (Å²) < 4.78 is 5.78. The van der Waals surface area contributed by atoms with Crippen molar-refractivity contribution in [2.45, 2.75) is 25.8 Å². The van der Waals surface area contributed by atoms with E-state index in [1.54, 1.807) is 0 Å². The number of furan rings is 1. The molecule has 0 bridgehead atoms. The minimum Gasteiger partial charge on any atom is -0.459 e. The zero-order valence-corrected chi connectivity index (χ0v) is 14.0. The summed E-state index contributed by atoms with van der Waals surface area (Å²) in [4.78, 5) is 12.1. The molecule has 0 saturated carbocycles. The SMILES string of the molecule is CC(CNC(=O)NC(C)c1cc2ccccc2o1)c1ccccc1. The topological polar surface area (TPSA) is 54.3 Å². The van der Waals surface area contributed by atoms with Crippen LogP contribution in [0.15, 0.2) is 65.1 Å². The van der Waals surface area contributed by atoms with Gasteiger partial charge in [0, 0.05) is 11.9 Å². The highest BCUT2D eigenvalue weighted by Crippen LogP contribution is 2.23. The van der Waals surface area contributed by atoms with Crippen molar-refractivity contribution >= 4 is 17.0 Å². The second-order valence-electron chi connectivity index (χ2n) is 6.07. The number of rotatable bonds is 5. The minimum atomic E-state index is -0.190. The molecule has 2 amide bonds. The Bertz CT molecular complexity index is 778. The van der Waals surface area contributed by atoms with Gasteiger partial charge >= 0.3 is 6.03 Å². The molecule has 3 rings (SSSR count). The normalized spacial score (nSPS) is 13.4. The Kier molecular flexibility index (Phi) is 4.85. The number of carbonyl (C=O) groups excluding carboxylic acids is 1. The van der Waals surface area contributed by atoms with Gasteiger partial charge < -0.3 is 15.1 Å². The van der Waals surface area contributed by atoms with Crippen molar-refractivity contribution in [2.24, 2.45) is 0 Å². The minimum absolute atomic E-state index is 0.189. The maximum absolute atomic E-state index is 12.1. The lowest BCUT2D eigenvalue weighted by molar-refractivity contribution is 0.236. The fourth-order valence-electron chi connectivity index (χ4n) is 2.68. The summed E-state index contributed by atoms with van der Waals surface area (Å²) in [7, 11) is 0. The van der Waals surface area contributed by atoms with Gasteiger partial charge in [0.1, 0.15) is 11.3 Å². The Morgan fingerprint density at radius 3 is 2.50 bits per heavy atom. The van der Waals surface area contributed by atoms with Crippen molar-refractivity contribution in [1.29, 1.82) is 0 Å². The molecule has 4 nitrogen and oxygen atoms in total. The largest absolute Gasteiger partial charge is 0.459 e. The molecule has 0 aliphatic rings. The van der Waals surface area contributed by atoms with E-state index in [2.05, 4.69) is 29.7 Å². The summed E-state index contributed by atoms with van der Waals surface area (Å²) in [5.74, 6) is 1.01. The second kappa shape index (κ2) is 7.21. The van der Waals surface area contributed by atoms with Crippen LogP contribution in [-0.4, -0.2) is 12.6 Å². The third-order valence-electron chi connectivity index (χ3n) is 4.16. The van der Waals surface area contributed by atoms with E-state index < -0.39 is 0 Å². The molecule has 0 aliphatic heterocycles. The molecule has 0 saturated heterocycles. The number of fused-ring (bicyclic) bond motifs is 1. The zero-order chi connectivity index (χ0) is 16.9. The predicted octanol–water partition coefficient (Wildman–Crippen LogP) is 4.60. The van der Waals surface area contributed by atoms with Gasteiger partial charge in [-0.3, -0.25) is 0 Å². The summed E-state index contributed by atoms with van der Waals surface area (Å²) >= 11 is 0. The quantitative estimate of drug-likeness (QED) is 0.721. The van der Waals surface area contributed by atoms with Crippen LogP contribution in [0.3, 0.4) is 0 Å². The highest BCUT2D eigenvalue weighted by atomic mass is 16.3. The second-order valence-corrected chi connectivity index (χ2v) is 6.07. The lowest BCUT2D eigenvalue weighted by atomic mass is 10.0. The van der Waals surface area contributed by atoms with Gasteiger partial charge in [0.05, 0.1) is 6.04 Å². The monoisotopic (exact) mass is 322 g/mol. The van der Waals surface area contributed by atoms with Crippen LogP contribution in [-0.2, 0) is 0 Å². The van der Waals surface area contributed by atoms with Gasteiger partial charge in [-0.25, -0.2) is 4.79 Å². The van der Waals surface area contributed by atoms with Crippen molar-refractivity contribution in [3.05, 3.63) is 72.0 Å². The van der Waals surface area contributed by atoms with Crippen molar-refractivity contribution in [3.8, 4) is 0 Å². The molecule has 24 heavy (non-hydrogen) atoms. The molecular formula is C20H22N2O2. The fourth-order valence-corrected chi connectivity index (χ4v) is 2.68. The molecule has 1 aromatic heterocycles. The molecule has 4 heteroatoms. The summed E-state index contributed by atoms with van der Waals surface area (Å²) in [5.41, 5.74) is 2.04. The molecule has 3 aromatic rings. The van der Waals surface area contributed by atoms with Gasteiger partial charge in [0.25, 0.3) is 0 Å². The third-order valence-corrected chi connectivity index (χ3v) is 4.16. The van der Waals surface area contributed by atoms with Crippen LogP contribution in [0.2, 0.25) is 0 Å². The van der Waals surface area contributed by atoms with E-state index in [4.69, 9.17) is 4.42 Å². The first kappa shape index (κ1) is 16.1. The van der Waals surface area contributed by atoms with Gasteiger partial charge in [-0.15, -0.1) is 0 Å². The molecule has 0 spiro atoms. The molecule has 2 atom stereocenters. The van der Waals surface area contributed by atoms with Crippen LogP contribution in [0, 0.1) is 0 Å². The first-order valence-corrected chi connectivity index (χ1v) is 8.21. The van der Waals surface area contributed by atoms with Gasteiger partial charge in [-0.2, -0.15) is 0 Å². The van der Waals surface area contributed by atoms with Crippen LogP contribution in [0.25, 0.3) is 11.0 Å². The van der Waals surface area contributed by atoms with Gasteiger partial charge in [-0.05, 0) is 30.5 Å². The molecule has 124 valence electrons. The van der Waals surface area contributed by atoms with Crippen molar-refractivity contribution in [3.63, 3.8) is 0 Å². The average Bonchev–Trinajstić information content (AvgIpc) is 3.05. The van der Waals surface area contributed by atoms with E-state index in [1.807, 2.05) is 55.5 Å². The third kappa shape index (κ3) is 3.77. The molecule has 2 unspecified atom stereocenters. The Labute approximate surface area is 141 Å². The molecule has 0 radical (unpaired) electrons. The first-order chi connectivity index (χ1) is 11.6. The number of urea groups is 1. The van der Waals surface area contributed by atoms with E-state index in [1.165, 1.54) is 5.56 Å². The van der Waals surface area contributed by atoms with E-state index in [9.17, 15) is 4.79 Å². The summed E-state index contributed by atoms with van der Waals surface area (Å²) in [6, 6.07) is 19.6. The number of carbonyl (C=O) groups is 1. The predicted molar refractivity (Wildman–Crippen MR) is 96.0 cm³/mol. The van der Waals surface area contributed by atoms with E-state index in [-0.39, 0.29) is 18.0 Å². The highest BCUT2D eigenvalue weighted by molar-refractivity contribution is 5.78. The zero-order valence-electron chi connectivity index (χ0n) is 14.0. The number of nitrogens with one attached hydrogen (secondary N) is 2. The Balaban J connectivity index is 1.54. The van der Waals surface area contributed by atoms with Crippen molar-refractivity contribution in [2.75, 3.05) is 6.54 Å². The maximum Gasteiger partial charge on any atom is 0.315 e. The number of benzene rings is 2. The molecular weight excluding hydrogens is 300 g/mol. The van der Waals surface area contributed by atoms with Crippen LogP contribution in [0.5, 0.6) is 0 Å². The van der Waals surface area contributed by atoms with Gasteiger partial charge in [0.2, 0.25) is 0 Å². The lowest BCUT2D eigenvalue weighted by Crippen LogP contribution is -2.38. The number of hydrogen-bond acceptors (Lipinski definition) is 2. The summed E-state index contributed by atoms with van der Waals surface area (Å²) in [6.07, 6.45) is 0. The van der Waals surface area contributed by atoms with Gasteiger partial charge in [0.15, 0.2) is 0 Å². The van der Waals surface area contributed by atoms with Crippen LogP contribution >= 0.6 is 0 Å². The van der Waals surface area contributed by atoms with Crippen LogP contribution in [0.1, 0.15) is 37.1 Å². The van der Waals surface area contributed by atoms with Gasteiger partial charge in [-0.1, -0.05) is 55.5 Å². The molecule has 0 aliphatic carbocycles. The lowest BCUT2D eigenvalue weighted by Gasteiger charge is -2.16. The first-order valence-electron chi connectivity index (χ1n) is 8.21. The van der Waals surface area contributed by atoms with Crippen LogP contribution < -0.4 is 10.6 Å². The summed E-state index contributed by atoms with van der Waals surface area (Å²) in [6.45, 7) is 4.60. The number of hydrogen-bond donors (Lipinski definition) is 2. The summed E-state index contributed by atoms with van der Waals surface area (Å²) in [5, 5.41) is 6.88. The molecule has 2 aromatic carbocycles. The van der Waals surface area contributed by atoms with E-state index >= 15 is 0 Å². The van der Waals surface area contributed by atoms with Crippen LogP contribution in [0.4, 0.5) is 4.79 Å². The van der Waals surface area contributed by atoms with E-state index in [0.717, 1.165) is 16.7 Å². The van der Waals surface area contributed by atoms with Crippen molar-refractivity contribution < 1.29 is 9.21 Å². The number of para-hydroxylation sites is 1. The average molecular weight is 322 g/mol. The standard InChI is InChI=1S/C20H22N2O2/c1-14(16-8-4-3-5-9-16)13-21-20(23)22-15(2)19-12-17-10-6-7-11-18(17)24-19/h3-12,14-15H,13H2,1-2H3,(H2,21,22,23). The number of amides is 2. The van der Waals surface area contributed by atoms with Crippen molar-refractivity contribution in [1.82, 2.24) is 10.6 Å². The Morgan fingerprint density at radius 1 is 1.04 bits per heavy atom. The smallest absolute Gasteiger partial charge is 0.315 e. The molecule has 1 heterocycles. The Hall–Kier alpha value is -2.75. The van der Waals surface area contributed by atoms with E-state index in [0.29, 0.717) is 6.54 Å². The maximum atomic E-state index is 12.1. The fraction of sp³-hybridized carbons (Fsp3) is 0.250. The molecule has 2 N–H and O–H groups in total.